The molecule has 0 bridgehead atoms. The molecule has 114 valence electrons. The zero-order chi connectivity index (χ0) is 14.6. The van der Waals surface area contributed by atoms with Crippen LogP contribution in [0.3, 0.4) is 0 Å². The quantitative estimate of drug-likeness (QED) is 0.717. The van der Waals surface area contributed by atoms with Gasteiger partial charge in [-0.15, -0.1) is 0 Å². The van der Waals surface area contributed by atoms with Crippen molar-refractivity contribution < 1.29 is 14.3 Å². The Bertz CT molecular complexity index is 360. The normalized spacial score (nSPS) is 23.4. The number of carbonyl (C=O) groups excluding carboxylic acids is 2. The number of hydrogen-bond donors (Lipinski definition) is 1. The molecule has 5 heteroatoms. The summed E-state index contributed by atoms with van der Waals surface area (Å²) in [6.07, 6.45) is 5.58. The Labute approximate surface area is 121 Å². The number of nitrogens with zero attached hydrogens (tertiary/aromatic N) is 1. The number of nitrogens with one attached hydrogen (secondary N) is 1. The second-order valence-electron chi connectivity index (χ2n) is 6.01. The topological polar surface area (TPSA) is 58.6 Å². The first-order chi connectivity index (χ1) is 9.60. The molecule has 0 spiro atoms. The molecule has 5 nitrogen and oxygen atoms in total. The largest absolute Gasteiger partial charge is 0.376 e. The Hall–Kier alpha value is -1.10. The fourth-order valence-corrected chi connectivity index (χ4v) is 2.71. The van der Waals surface area contributed by atoms with Crippen LogP contribution in [0.15, 0.2) is 0 Å². The highest BCUT2D eigenvalue weighted by Crippen LogP contribution is 2.47. The number of amides is 2. The Kier molecular flexibility index (Phi) is 5.02. The van der Waals surface area contributed by atoms with Crippen LogP contribution in [0.25, 0.3) is 0 Å². The Morgan fingerprint density at radius 1 is 1.40 bits per heavy atom. The summed E-state index contributed by atoms with van der Waals surface area (Å²) >= 11 is 0. The van der Waals surface area contributed by atoms with Gasteiger partial charge in [-0.1, -0.05) is 13.3 Å². The molecular formula is C15H26N2O3. The molecule has 1 aliphatic carbocycles. The molecule has 1 N–H and O–H groups in total. The van der Waals surface area contributed by atoms with E-state index in [0.717, 1.165) is 38.8 Å². The van der Waals surface area contributed by atoms with Crippen molar-refractivity contribution in [3.05, 3.63) is 0 Å². The van der Waals surface area contributed by atoms with E-state index in [0.29, 0.717) is 19.4 Å². The standard InChI is InChI=1S/C15H26N2O3/c1-3-4-9-17(2)14(19)15(7-8-15)13(18)16-11-12-6-5-10-20-12/h12H,3-11H2,1-2H3,(H,16,18). The summed E-state index contributed by atoms with van der Waals surface area (Å²) in [5.74, 6) is -0.128. The van der Waals surface area contributed by atoms with Crippen LogP contribution in [0.5, 0.6) is 0 Å². The molecule has 20 heavy (non-hydrogen) atoms. The van der Waals surface area contributed by atoms with Crippen molar-refractivity contribution in [2.45, 2.75) is 51.6 Å². The van der Waals surface area contributed by atoms with Crippen LogP contribution in [0.4, 0.5) is 0 Å². The lowest BCUT2D eigenvalue weighted by Gasteiger charge is -2.23. The maximum atomic E-state index is 12.4. The van der Waals surface area contributed by atoms with Gasteiger partial charge in [0.1, 0.15) is 5.41 Å². The summed E-state index contributed by atoms with van der Waals surface area (Å²) in [4.78, 5) is 26.4. The second-order valence-corrected chi connectivity index (χ2v) is 6.01. The van der Waals surface area contributed by atoms with Crippen molar-refractivity contribution in [1.82, 2.24) is 10.2 Å². The van der Waals surface area contributed by atoms with Gasteiger partial charge in [-0.3, -0.25) is 9.59 Å². The molecule has 1 heterocycles. The molecule has 1 saturated carbocycles. The average molecular weight is 282 g/mol. The van der Waals surface area contributed by atoms with E-state index in [9.17, 15) is 9.59 Å². The third kappa shape index (κ3) is 3.32. The lowest BCUT2D eigenvalue weighted by molar-refractivity contribution is -0.143. The highest BCUT2D eigenvalue weighted by molar-refractivity contribution is 6.07. The number of ether oxygens (including phenoxy) is 1. The van der Waals surface area contributed by atoms with E-state index in [4.69, 9.17) is 4.74 Å². The first kappa shape index (κ1) is 15.3. The van der Waals surface area contributed by atoms with Gasteiger partial charge in [0.25, 0.3) is 0 Å². The van der Waals surface area contributed by atoms with Gasteiger partial charge in [-0.05, 0) is 32.1 Å². The number of carbonyl (C=O) groups is 2. The van der Waals surface area contributed by atoms with Crippen LogP contribution < -0.4 is 5.32 Å². The van der Waals surface area contributed by atoms with Crippen molar-refractivity contribution in [1.29, 1.82) is 0 Å². The van der Waals surface area contributed by atoms with E-state index in [-0.39, 0.29) is 17.9 Å². The fraction of sp³-hybridized carbons (Fsp3) is 0.867. The number of rotatable bonds is 7. The van der Waals surface area contributed by atoms with E-state index in [1.165, 1.54) is 0 Å². The minimum Gasteiger partial charge on any atom is -0.376 e. The Morgan fingerprint density at radius 3 is 2.70 bits per heavy atom. The SMILES string of the molecule is CCCCN(C)C(=O)C1(C(=O)NCC2CCCO2)CC1. The molecule has 1 unspecified atom stereocenters. The van der Waals surface area contributed by atoms with Gasteiger partial charge in [0.15, 0.2) is 0 Å². The van der Waals surface area contributed by atoms with Gasteiger partial charge in [0, 0.05) is 26.7 Å². The van der Waals surface area contributed by atoms with Crippen LogP contribution in [0, 0.1) is 5.41 Å². The zero-order valence-electron chi connectivity index (χ0n) is 12.6. The molecule has 0 radical (unpaired) electrons. The second kappa shape index (κ2) is 6.57. The lowest BCUT2D eigenvalue weighted by atomic mass is 10.0. The Morgan fingerprint density at radius 2 is 2.15 bits per heavy atom. The van der Waals surface area contributed by atoms with Gasteiger partial charge in [-0.2, -0.15) is 0 Å². The predicted molar refractivity (Wildman–Crippen MR) is 76.2 cm³/mol. The molecular weight excluding hydrogens is 256 g/mol. The molecule has 0 aromatic heterocycles. The van der Waals surface area contributed by atoms with E-state index in [1.807, 2.05) is 0 Å². The summed E-state index contributed by atoms with van der Waals surface area (Å²) in [6, 6.07) is 0. The number of unbranched alkanes of at least 4 members (excludes halogenated alkanes) is 1. The molecule has 2 aliphatic rings. The van der Waals surface area contributed by atoms with Gasteiger partial charge < -0.3 is 15.0 Å². The van der Waals surface area contributed by atoms with Crippen LogP contribution in [0.1, 0.15) is 45.4 Å². The first-order valence-electron chi connectivity index (χ1n) is 7.75. The number of hydrogen-bond acceptors (Lipinski definition) is 3. The average Bonchev–Trinajstić information content (AvgIpc) is 3.11. The van der Waals surface area contributed by atoms with Crippen molar-refractivity contribution >= 4 is 11.8 Å². The predicted octanol–water partition coefficient (Wildman–Crippen LogP) is 1.32. The summed E-state index contributed by atoms with van der Waals surface area (Å²) in [5.41, 5.74) is -0.777. The van der Waals surface area contributed by atoms with Crippen molar-refractivity contribution in [3.8, 4) is 0 Å². The zero-order valence-corrected chi connectivity index (χ0v) is 12.6. The Balaban J connectivity index is 1.82. The van der Waals surface area contributed by atoms with Gasteiger partial charge in [-0.25, -0.2) is 0 Å². The van der Waals surface area contributed by atoms with E-state index in [2.05, 4.69) is 12.2 Å². The highest BCUT2D eigenvalue weighted by Gasteiger charge is 2.57. The fourth-order valence-electron chi connectivity index (χ4n) is 2.71. The molecule has 1 aliphatic heterocycles. The molecule has 2 rings (SSSR count). The summed E-state index contributed by atoms with van der Waals surface area (Å²) < 4.78 is 5.49. The van der Waals surface area contributed by atoms with Crippen LogP contribution >= 0.6 is 0 Å². The van der Waals surface area contributed by atoms with Gasteiger partial charge in [0.2, 0.25) is 11.8 Å². The van der Waals surface area contributed by atoms with E-state index < -0.39 is 5.41 Å². The molecule has 1 saturated heterocycles. The molecule has 0 aromatic carbocycles. The van der Waals surface area contributed by atoms with Crippen molar-refractivity contribution in [2.75, 3.05) is 26.7 Å². The van der Waals surface area contributed by atoms with Gasteiger partial charge in [0.05, 0.1) is 6.10 Å². The molecule has 2 amide bonds. The molecule has 2 fully saturated rings. The maximum absolute atomic E-state index is 12.4. The lowest BCUT2D eigenvalue weighted by Crippen LogP contribution is -2.45. The third-order valence-electron chi connectivity index (χ3n) is 4.30. The maximum Gasteiger partial charge on any atom is 0.238 e. The minimum absolute atomic E-state index is 0.0178. The van der Waals surface area contributed by atoms with Gasteiger partial charge >= 0.3 is 0 Å². The van der Waals surface area contributed by atoms with E-state index >= 15 is 0 Å². The molecule has 0 aromatic rings. The van der Waals surface area contributed by atoms with E-state index in [1.54, 1.807) is 11.9 Å². The summed E-state index contributed by atoms with van der Waals surface area (Å²) in [5, 5.41) is 2.91. The van der Waals surface area contributed by atoms with Crippen LogP contribution in [-0.2, 0) is 14.3 Å². The monoisotopic (exact) mass is 282 g/mol. The smallest absolute Gasteiger partial charge is 0.238 e. The highest BCUT2D eigenvalue weighted by atomic mass is 16.5. The van der Waals surface area contributed by atoms with Crippen LogP contribution in [0.2, 0.25) is 0 Å². The minimum atomic E-state index is -0.777. The first-order valence-corrected chi connectivity index (χ1v) is 7.75. The van der Waals surface area contributed by atoms with Crippen LogP contribution in [-0.4, -0.2) is 49.6 Å². The summed E-state index contributed by atoms with van der Waals surface area (Å²) in [6.45, 7) is 4.15. The molecule has 1 atom stereocenters. The van der Waals surface area contributed by atoms with Crippen molar-refractivity contribution in [2.24, 2.45) is 5.41 Å². The third-order valence-corrected chi connectivity index (χ3v) is 4.30. The summed E-state index contributed by atoms with van der Waals surface area (Å²) in [7, 11) is 1.80. The van der Waals surface area contributed by atoms with Crippen molar-refractivity contribution in [3.63, 3.8) is 0 Å².